The van der Waals surface area contributed by atoms with Gasteiger partial charge in [0.05, 0.1) is 14.2 Å². The quantitative estimate of drug-likeness (QED) is 0.669. The van der Waals surface area contributed by atoms with Gasteiger partial charge in [0, 0.05) is 24.7 Å². The number of para-hydroxylation sites is 1. The second kappa shape index (κ2) is 9.45. The summed E-state index contributed by atoms with van der Waals surface area (Å²) in [5, 5.41) is 0. The Bertz CT molecular complexity index is 857. The molecular weight excluding hydrogens is 370 g/mol. The Morgan fingerprint density at radius 3 is 2.45 bits per heavy atom. The van der Waals surface area contributed by atoms with Crippen LogP contribution in [0.25, 0.3) is 0 Å². The SMILES string of the molecule is COc1cc(CCC(=O)OC(C)C(=O)N2CCCc3ccccc32)cc(OC)c1. The molecule has 0 saturated heterocycles. The first-order valence-corrected chi connectivity index (χ1v) is 9.82. The molecule has 0 spiro atoms. The third-order valence-corrected chi connectivity index (χ3v) is 5.06. The molecule has 0 saturated carbocycles. The predicted molar refractivity (Wildman–Crippen MR) is 111 cm³/mol. The van der Waals surface area contributed by atoms with E-state index in [0.29, 0.717) is 24.5 Å². The van der Waals surface area contributed by atoms with Crippen LogP contribution in [-0.2, 0) is 27.2 Å². The highest BCUT2D eigenvalue weighted by molar-refractivity contribution is 5.98. The lowest BCUT2D eigenvalue weighted by Gasteiger charge is -2.31. The Hall–Kier alpha value is -3.02. The Morgan fingerprint density at radius 2 is 1.76 bits per heavy atom. The molecule has 0 aromatic heterocycles. The monoisotopic (exact) mass is 397 g/mol. The van der Waals surface area contributed by atoms with E-state index in [1.54, 1.807) is 32.1 Å². The second-order valence-electron chi connectivity index (χ2n) is 7.08. The molecule has 0 fully saturated rings. The van der Waals surface area contributed by atoms with Crippen molar-refractivity contribution in [2.75, 3.05) is 25.7 Å². The van der Waals surface area contributed by atoms with Gasteiger partial charge in [-0.3, -0.25) is 9.59 Å². The fourth-order valence-corrected chi connectivity index (χ4v) is 3.55. The average Bonchev–Trinajstić information content (AvgIpc) is 2.76. The highest BCUT2D eigenvalue weighted by Crippen LogP contribution is 2.27. The van der Waals surface area contributed by atoms with E-state index in [4.69, 9.17) is 14.2 Å². The molecule has 1 aliphatic rings. The molecule has 1 aliphatic heterocycles. The third kappa shape index (κ3) is 5.08. The van der Waals surface area contributed by atoms with Gasteiger partial charge in [-0.2, -0.15) is 0 Å². The van der Waals surface area contributed by atoms with Crippen LogP contribution in [0.15, 0.2) is 42.5 Å². The normalized spacial score (nSPS) is 14.0. The first-order chi connectivity index (χ1) is 14.0. The average molecular weight is 397 g/mol. The van der Waals surface area contributed by atoms with Crippen molar-refractivity contribution in [1.29, 1.82) is 0 Å². The van der Waals surface area contributed by atoms with Crippen LogP contribution in [0.2, 0.25) is 0 Å². The van der Waals surface area contributed by atoms with E-state index >= 15 is 0 Å². The molecule has 154 valence electrons. The molecular formula is C23H27NO5. The number of rotatable bonds is 7. The second-order valence-corrected chi connectivity index (χ2v) is 7.08. The molecule has 3 rings (SSSR count). The van der Waals surface area contributed by atoms with Crippen molar-refractivity contribution in [1.82, 2.24) is 0 Å². The Morgan fingerprint density at radius 1 is 1.07 bits per heavy atom. The van der Waals surface area contributed by atoms with Crippen LogP contribution >= 0.6 is 0 Å². The standard InChI is InChI=1S/C23H27NO5/c1-16(23(26)24-12-6-8-18-7-4-5-9-21(18)24)29-22(25)11-10-17-13-19(27-2)15-20(14-17)28-3/h4-5,7,9,13-16H,6,8,10-12H2,1-3H3. The fourth-order valence-electron chi connectivity index (χ4n) is 3.55. The molecule has 0 radical (unpaired) electrons. The molecule has 1 atom stereocenters. The number of esters is 1. The third-order valence-electron chi connectivity index (χ3n) is 5.06. The Kier molecular flexibility index (Phi) is 6.75. The van der Waals surface area contributed by atoms with Gasteiger partial charge in [-0.05, 0) is 55.5 Å². The van der Waals surface area contributed by atoms with Crippen molar-refractivity contribution in [3.05, 3.63) is 53.6 Å². The van der Waals surface area contributed by atoms with Gasteiger partial charge in [-0.25, -0.2) is 0 Å². The maximum Gasteiger partial charge on any atom is 0.306 e. The summed E-state index contributed by atoms with van der Waals surface area (Å²) in [4.78, 5) is 26.9. The lowest BCUT2D eigenvalue weighted by molar-refractivity contribution is -0.153. The van der Waals surface area contributed by atoms with Gasteiger partial charge in [-0.15, -0.1) is 0 Å². The summed E-state index contributed by atoms with van der Waals surface area (Å²) >= 11 is 0. The minimum atomic E-state index is -0.825. The molecule has 0 aliphatic carbocycles. The number of nitrogens with zero attached hydrogens (tertiary/aromatic N) is 1. The van der Waals surface area contributed by atoms with E-state index < -0.39 is 12.1 Å². The van der Waals surface area contributed by atoms with Gasteiger partial charge in [0.1, 0.15) is 11.5 Å². The van der Waals surface area contributed by atoms with Crippen LogP contribution in [0, 0.1) is 0 Å². The lowest BCUT2D eigenvalue weighted by Crippen LogP contribution is -2.42. The highest BCUT2D eigenvalue weighted by atomic mass is 16.5. The number of ether oxygens (including phenoxy) is 3. The van der Waals surface area contributed by atoms with Gasteiger partial charge in [0.2, 0.25) is 0 Å². The number of carbonyl (C=O) groups is 2. The maximum atomic E-state index is 12.9. The van der Waals surface area contributed by atoms with Crippen molar-refractivity contribution in [2.45, 2.75) is 38.7 Å². The molecule has 6 heteroatoms. The molecule has 1 amide bonds. The summed E-state index contributed by atoms with van der Waals surface area (Å²) in [5.74, 6) is 0.742. The number of carbonyl (C=O) groups excluding carboxylic acids is 2. The highest BCUT2D eigenvalue weighted by Gasteiger charge is 2.28. The van der Waals surface area contributed by atoms with Crippen LogP contribution < -0.4 is 14.4 Å². The van der Waals surface area contributed by atoms with Crippen molar-refractivity contribution < 1.29 is 23.8 Å². The Balaban J connectivity index is 1.58. The van der Waals surface area contributed by atoms with Gasteiger partial charge in [0.25, 0.3) is 5.91 Å². The number of hydrogen-bond acceptors (Lipinski definition) is 5. The van der Waals surface area contributed by atoms with E-state index in [9.17, 15) is 9.59 Å². The van der Waals surface area contributed by atoms with Gasteiger partial charge >= 0.3 is 5.97 Å². The molecule has 2 aromatic rings. The van der Waals surface area contributed by atoms with Crippen LogP contribution in [0.5, 0.6) is 11.5 Å². The lowest BCUT2D eigenvalue weighted by atomic mass is 10.0. The van der Waals surface area contributed by atoms with Gasteiger partial charge in [0.15, 0.2) is 6.10 Å². The molecule has 1 heterocycles. The minimum Gasteiger partial charge on any atom is -0.497 e. The van der Waals surface area contributed by atoms with E-state index in [1.807, 2.05) is 36.4 Å². The molecule has 29 heavy (non-hydrogen) atoms. The van der Waals surface area contributed by atoms with Crippen molar-refractivity contribution in [3.63, 3.8) is 0 Å². The summed E-state index contributed by atoms with van der Waals surface area (Å²) in [7, 11) is 3.16. The summed E-state index contributed by atoms with van der Waals surface area (Å²) in [5.41, 5.74) is 2.97. The first-order valence-electron chi connectivity index (χ1n) is 9.82. The summed E-state index contributed by atoms with van der Waals surface area (Å²) in [6.45, 7) is 2.27. The zero-order valence-corrected chi connectivity index (χ0v) is 17.1. The van der Waals surface area contributed by atoms with Crippen molar-refractivity contribution >= 4 is 17.6 Å². The molecule has 1 unspecified atom stereocenters. The zero-order chi connectivity index (χ0) is 20.8. The number of fused-ring (bicyclic) bond motifs is 1. The van der Waals surface area contributed by atoms with E-state index in [-0.39, 0.29) is 12.3 Å². The summed E-state index contributed by atoms with van der Waals surface area (Å²) < 4.78 is 15.9. The number of methoxy groups -OCH3 is 2. The Labute approximate surface area is 171 Å². The number of anilines is 1. The smallest absolute Gasteiger partial charge is 0.306 e. The van der Waals surface area contributed by atoms with Crippen LogP contribution in [0.4, 0.5) is 5.69 Å². The van der Waals surface area contributed by atoms with Crippen molar-refractivity contribution in [2.24, 2.45) is 0 Å². The summed E-state index contributed by atoms with van der Waals surface area (Å²) in [6, 6.07) is 13.4. The largest absolute Gasteiger partial charge is 0.497 e. The molecule has 0 bridgehead atoms. The zero-order valence-electron chi connectivity index (χ0n) is 17.1. The van der Waals surface area contributed by atoms with Crippen LogP contribution in [0.3, 0.4) is 0 Å². The van der Waals surface area contributed by atoms with Gasteiger partial charge < -0.3 is 19.1 Å². The molecule has 6 nitrogen and oxygen atoms in total. The van der Waals surface area contributed by atoms with Crippen LogP contribution in [-0.4, -0.2) is 38.7 Å². The number of aryl methyl sites for hydroxylation is 2. The fraction of sp³-hybridized carbons (Fsp3) is 0.391. The van der Waals surface area contributed by atoms with Crippen molar-refractivity contribution in [3.8, 4) is 11.5 Å². The molecule has 2 aromatic carbocycles. The number of hydrogen-bond donors (Lipinski definition) is 0. The van der Waals surface area contributed by atoms with E-state index in [0.717, 1.165) is 29.7 Å². The van der Waals surface area contributed by atoms with E-state index in [2.05, 4.69) is 0 Å². The maximum absolute atomic E-state index is 12.9. The molecule has 0 N–H and O–H groups in total. The van der Waals surface area contributed by atoms with Crippen LogP contribution in [0.1, 0.15) is 30.9 Å². The predicted octanol–water partition coefficient (Wildman–Crippen LogP) is 3.55. The minimum absolute atomic E-state index is 0.171. The topological polar surface area (TPSA) is 65.1 Å². The van der Waals surface area contributed by atoms with Gasteiger partial charge in [-0.1, -0.05) is 18.2 Å². The summed E-state index contributed by atoms with van der Waals surface area (Å²) in [6.07, 6.45) is 1.68. The number of amides is 1. The first kappa shape index (κ1) is 20.7. The number of benzene rings is 2. The van der Waals surface area contributed by atoms with E-state index in [1.165, 1.54) is 0 Å².